The molecule has 0 unspecified atom stereocenters. The second-order valence-corrected chi connectivity index (χ2v) is 6.14. The Morgan fingerprint density at radius 2 is 1.91 bits per heavy atom. The van der Waals surface area contributed by atoms with E-state index in [0.29, 0.717) is 6.42 Å². The number of hydrogen-bond donors (Lipinski definition) is 1. The van der Waals surface area contributed by atoms with Gasteiger partial charge in [-0.3, -0.25) is 9.89 Å². The number of aromatic nitrogens is 2. The van der Waals surface area contributed by atoms with Crippen molar-refractivity contribution < 1.29 is 4.79 Å². The van der Waals surface area contributed by atoms with Crippen LogP contribution >= 0.6 is 0 Å². The molecule has 4 rings (SSSR count). The number of carbonyl (C=O) groups excluding carboxylic acids is 1. The van der Waals surface area contributed by atoms with E-state index in [1.807, 2.05) is 11.1 Å². The van der Waals surface area contributed by atoms with Crippen LogP contribution in [0.5, 0.6) is 0 Å². The minimum Gasteiger partial charge on any atom is -0.312 e. The normalized spacial score (nSPS) is 15.3. The number of piperidine rings is 1. The van der Waals surface area contributed by atoms with Gasteiger partial charge in [0, 0.05) is 24.0 Å². The molecule has 1 amide bonds. The van der Waals surface area contributed by atoms with Gasteiger partial charge in [-0.2, -0.15) is 5.10 Å². The molecule has 2 heterocycles. The molecule has 116 valence electrons. The zero-order valence-corrected chi connectivity index (χ0v) is 13.2. The quantitative estimate of drug-likeness (QED) is 0.776. The molecule has 0 aliphatic carbocycles. The van der Waals surface area contributed by atoms with Gasteiger partial charge < -0.3 is 4.90 Å². The topological polar surface area (TPSA) is 49.0 Å². The monoisotopic (exact) mass is 305 g/mol. The molecule has 0 atom stereocenters. The zero-order chi connectivity index (χ0) is 15.8. The summed E-state index contributed by atoms with van der Waals surface area (Å²) in [6, 6.07) is 12.5. The molecule has 1 aromatic heterocycles. The van der Waals surface area contributed by atoms with Crippen molar-refractivity contribution in [2.75, 3.05) is 11.4 Å². The molecule has 23 heavy (non-hydrogen) atoms. The maximum Gasteiger partial charge on any atom is 0.226 e. The first kappa shape index (κ1) is 14.0. The third kappa shape index (κ3) is 2.40. The van der Waals surface area contributed by atoms with Crippen LogP contribution in [0.4, 0.5) is 5.69 Å². The van der Waals surface area contributed by atoms with E-state index >= 15 is 0 Å². The molecule has 4 heteroatoms. The summed E-state index contributed by atoms with van der Waals surface area (Å²) in [5.74, 6) is 0.233. The smallest absolute Gasteiger partial charge is 0.226 e. The standard InChI is InChI=1S/C19H19N3O/c1-13-5-10-17-16(12-20-21-17)19(13)14-6-8-15(9-7-14)22-11-3-2-4-18(22)23/h5-10,12H,2-4,11H2,1H3,(H,20,21). The second-order valence-electron chi connectivity index (χ2n) is 6.14. The van der Waals surface area contributed by atoms with E-state index in [0.717, 1.165) is 41.5 Å². The Bertz CT molecular complexity index is 864. The third-order valence-corrected chi connectivity index (χ3v) is 4.62. The summed E-state index contributed by atoms with van der Waals surface area (Å²) in [5, 5.41) is 8.31. The van der Waals surface area contributed by atoms with Gasteiger partial charge in [0.15, 0.2) is 0 Å². The Labute approximate surface area is 135 Å². The molecule has 0 spiro atoms. The molecule has 2 aromatic carbocycles. The molecule has 4 nitrogen and oxygen atoms in total. The fourth-order valence-corrected chi connectivity index (χ4v) is 3.40. The van der Waals surface area contributed by atoms with E-state index < -0.39 is 0 Å². The average Bonchev–Trinajstić information content (AvgIpc) is 3.04. The maximum atomic E-state index is 12.1. The van der Waals surface area contributed by atoms with Gasteiger partial charge in [0.25, 0.3) is 0 Å². The van der Waals surface area contributed by atoms with Crippen molar-refractivity contribution in [3.63, 3.8) is 0 Å². The second kappa shape index (κ2) is 5.54. The van der Waals surface area contributed by atoms with Crippen molar-refractivity contribution in [2.24, 2.45) is 0 Å². The molecule has 1 aliphatic rings. The Balaban J connectivity index is 1.74. The number of aryl methyl sites for hydroxylation is 1. The summed E-state index contributed by atoms with van der Waals surface area (Å²) in [6.45, 7) is 2.94. The van der Waals surface area contributed by atoms with Crippen molar-refractivity contribution in [3.8, 4) is 11.1 Å². The van der Waals surface area contributed by atoms with Gasteiger partial charge in [0.05, 0.1) is 11.7 Å². The molecule has 0 bridgehead atoms. The van der Waals surface area contributed by atoms with Crippen molar-refractivity contribution in [1.29, 1.82) is 0 Å². The van der Waals surface area contributed by atoms with Crippen LogP contribution in [0, 0.1) is 6.92 Å². The third-order valence-electron chi connectivity index (χ3n) is 4.62. The molecule has 1 aliphatic heterocycles. The number of fused-ring (bicyclic) bond motifs is 1. The van der Waals surface area contributed by atoms with Crippen LogP contribution in [0.2, 0.25) is 0 Å². The average molecular weight is 305 g/mol. The summed E-state index contributed by atoms with van der Waals surface area (Å²) in [4.78, 5) is 14.0. The first-order chi connectivity index (χ1) is 11.2. The van der Waals surface area contributed by atoms with Crippen LogP contribution in [0.3, 0.4) is 0 Å². The summed E-state index contributed by atoms with van der Waals surface area (Å²) in [7, 11) is 0. The van der Waals surface area contributed by atoms with E-state index in [1.54, 1.807) is 0 Å². The molecule has 1 fully saturated rings. The van der Waals surface area contributed by atoms with E-state index in [-0.39, 0.29) is 5.91 Å². The highest BCUT2D eigenvalue weighted by Crippen LogP contribution is 2.32. The van der Waals surface area contributed by atoms with Crippen molar-refractivity contribution in [2.45, 2.75) is 26.2 Å². The zero-order valence-electron chi connectivity index (χ0n) is 13.2. The minimum absolute atomic E-state index is 0.233. The summed E-state index contributed by atoms with van der Waals surface area (Å²) in [6.07, 6.45) is 4.63. The number of nitrogens with one attached hydrogen (secondary N) is 1. The predicted molar refractivity (Wildman–Crippen MR) is 92.5 cm³/mol. The first-order valence-corrected chi connectivity index (χ1v) is 8.07. The lowest BCUT2D eigenvalue weighted by Crippen LogP contribution is -2.35. The van der Waals surface area contributed by atoms with Crippen LogP contribution in [-0.4, -0.2) is 22.6 Å². The largest absolute Gasteiger partial charge is 0.312 e. The summed E-state index contributed by atoms with van der Waals surface area (Å²) < 4.78 is 0. The molecular formula is C19H19N3O. The van der Waals surface area contributed by atoms with Crippen LogP contribution in [-0.2, 0) is 4.79 Å². The van der Waals surface area contributed by atoms with Gasteiger partial charge in [-0.1, -0.05) is 18.2 Å². The van der Waals surface area contributed by atoms with Crippen LogP contribution in [0.1, 0.15) is 24.8 Å². The number of nitrogens with zero attached hydrogens (tertiary/aromatic N) is 2. The van der Waals surface area contributed by atoms with Crippen LogP contribution in [0.25, 0.3) is 22.0 Å². The number of anilines is 1. The van der Waals surface area contributed by atoms with E-state index in [4.69, 9.17) is 0 Å². The molecule has 0 radical (unpaired) electrons. The number of hydrogen-bond acceptors (Lipinski definition) is 2. The molecule has 0 saturated carbocycles. The number of H-pyrrole nitrogens is 1. The fraction of sp³-hybridized carbons (Fsp3) is 0.263. The summed E-state index contributed by atoms with van der Waals surface area (Å²) in [5.41, 5.74) is 5.62. The maximum absolute atomic E-state index is 12.1. The Morgan fingerprint density at radius 1 is 1.09 bits per heavy atom. The van der Waals surface area contributed by atoms with Gasteiger partial charge in [-0.05, 0) is 54.7 Å². The number of aromatic amines is 1. The molecule has 1 saturated heterocycles. The SMILES string of the molecule is Cc1ccc2[nH]ncc2c1-c1ccc(N2CCCCC2=O)cc1. The first-order valence-electron chi connectivity index (χ1n) is 8.07. The number of rotatable bonds is 2. The van der Waals surface area contributed by atoms with Gasteiger partial charge in [-0.25, -0.2) is 0 Å². The Morgan fingerprint density at radius 3 is 2.70 bits per heavy atom. The van der Waals surface area contributed by atoms with Crippen LogP contribution < -0.4 is 4.90 Å². The highest BCUT2D eigenvalue weighted by molar-refractivity contribution is 5.97. The fourth-order valence-electron chi connectivity index (χ4n) is 3.40. The van der Waals surface area contributed by atoms with E-state index in [2.05, 4.69) is 53.5 Å². The number of benzene rings is 2. The van der Waals surface area contributed by atoms with Gasteiger partial charge >= 0.3 is 0 Å². The highest BCUT2D eigenvalue weighted by Gasteiger charge is 2.19. The molecule has 1 N–H and O–H groups in total. The molecule has 3 aromatic rings. The lowest BCUT2D eigenvalue weighted by molar-refractivity contribution is -0.119. The van der Waals surface area contributed by atoms with Crippen molar-refractivity contribution in [3.05, 3.63) is 48.2 Å². The van der Waals surface area contributed by atoms with Crippen LogP contribution in [0.15, 0.2) is 42.6 Å². The van der Waals surface area contributed by atoms with E-state index in [9.17, 15) is 4.79 Å². The van der Waals surface area contributed by atoms with Crippen molar-refractivity contribution >= 4 is 22.5 Å². The Hall–Kier alpha value is -2.62. The van der Waals surface area contributed by atoms with Gasteiger partial charge in [-0.15, -0.1) is 0 Å². The highest BCUT2D eigenvalue weighted by atomic mass is 16.2. The number of amides is 1. The van der Waals surface area contributed by atoms with Gasteiger partial charge in [0.2, 0.25) is 5.91 Å². The van der Waals surface area contributed by atoms with Crippen molar-refractivity contribution in [1.82, 2.24) is 10.2 Å². The van der Waals surface area contributed by atoms with Gasteiger partial charge in [0.1, 0.15) is 0 Å². The lowest BCUT2D eigenvalue weighted by Gasteiger charge is -2.27. The predicted octanol–water partition coefficient (Wildman–Crippen LogP) is 4.06. The lowest BCUT2D eigenvalue weighted by atomic mass is 9.96. The Kier molecular flexibility index (Phi) is 3.37. The summed E-state index contributed by atoms with van der Waals surface area (Å²) >= 11 is 0. The molecular weight excluding hydrogens is 286 g/mol. The minimum atomic E-state index is 0.233. The number of carbonyl (C=O) groups is 1. The van der Waals surface area contributed by atoms with E-state index in [1.165, 1.54) is 11.1 Å².